The first-order valence-electron chi connectivity index (χ1n) is 1.89. The smallest absolute Gasteiger partial charge is 0.404 e. The molecule has 0 saturated carbocycles. The van der Waals surface area contributed by atoms with Crippen molar-refractivity contribution in [1.82, 2.24) is 5.32 Å². The Bertz CT molecular complexity index is 98.0. The van der Waals surface area contributed by atoms with E-state index in [0.29, 0.717) is 0 Å². The summed E-state index contributed by atoms with van der Waals surface area (Å²) in [7, 11) is 1.35. The normalized spacial score (nSPS) is 6.33. The number of hydrogen-bond donors (Lipinski definition) is 4. The Morgan fingerprint density at radius 3 is 1.56 bits per heavy atom. The molecule has 0 aliphatic rings. The summed E-state index contributed by atoms with van der Waals surface area (Å²) in [5.74, 6) is 0. The summed E-state index contributed by atoms with van der Waals surface area (Å²) in [6.45, 7) is 0. The number of nitrogens with two attached hydrogens (primary N) is 1. The van der Waals surface area contributed by atoms with Crippen molar-refractivity contribution in [1.29, 1.82) is 0 Å². The van der Waals surface area contributed by atoms with E-state index in [9.17, 15) is 4.79 Å². The molecule has 0 radical (unpaired) electrons. The fourth-order valence-electron chi connectivity index (χ4n) is 0. The number of carbonyl (C=O) groups is 2. The highest BCUT2D eigenvalue weighted by molar-refractivity contribution is 5.63. The van der Waals surface area contributed by atoms with Gasteiger partial charge in [-0.3, -0.25) is 0 Å². The second-order valence-corrected chi connectivity index (χ2v) is 0.893. The fourth-order valence-corrected chi connectivity index (χ4v) is 0. The highest BCUT2D eigenvalue weighted by Gasteiger charge is 1.76. The molecular weight excluding hydrogens is 128 g/mol. The van der Waals surface area contributed by atoms with Gasteiger partial charge in [0.2, 0.25) is 0 Å². The van der Waals surface area contributed by atoms with Crippen LogP contribution in [0.1, 0.15) is 0 Å². The van der Waals surface area contributed by atoms with Gasteiger partial charge in [0.1, 0.15) is 0 Å². The molecule has 6 nitrogen and oxygen atoms in total. The van der Waals surface area contributed by atoms with E-state index in [4.69, 9.17) is 15.0 Å². The van der Waals surface area contributed by atoms with E-state index in [1.807, 2.05) is 5.32 Å². The third kappa shape index (κ3) is 462. The second kappa shape index (κ2) is 6.54. The van der Waals surface area contributed by atoms with E-state index in [0.717, 1.165) is 0 Å². The van der Waals surface area contributed by atoms with Gasteiger partial charge in [-0.25, -0.2) is 9.59 Å². The maximum absolute atomic E-state index is 9.26. The molecule has 0 aromatic rings. The van der Waals surface area contributed by atoms with Crippen molar-refractivity contribution in [3.63, 3.8) is 0 Å². The lowest BCUT2D eigenvalue weighted by Gasteiger charge is -1.78. The van der Waals surface area contributed by atoms with Gasteiger partial charge in [-0.1, -0.05) is 0 Å². The highest BCUT2D eigenvalue weighted by Crippen LogP contribution is 1.45. The van der Waals surface area contributed by atoms with Gasteiger partial charge in [0.15, 0.2) is 0 Å². The molecule has 0 rings (SSSR count). The molecule has 0 heterocycles. The Morgan fingerprint density at radius 2 is 1.56 bits per heavy atom. The molecule has 0 aromatic heterocycles. The molecule has 0 unspecified atom stereocenters. The minimum Gasteiger partial charge on any atom is -0.465 e. The monoisotopic (exact) mass is 136 g/mol. The molecule has 2 amide bonds. The SMILES string of the molecule is CNC(=O)O.NC(=O)O. The lowest BCUT2D eigenvalue weighted by molar-refractivity contribution is 0.197. The van der Waals surface area contributed by atoms with Gasteiger partial charge < -0.3 is 21.3 Å². The molecule has 0 fully saturated rings. The van der Waals surface area contributed by atoms with Crippen LogP contribution in [0.5, 0.6) is 0 Å². The molecule has 0 saturated heterocycles. The summed E-state index contributed by atoms with van der Waals surface area (Å²) in [6, 6.07) is 0. The van der Waals surface area contributed by atoms with Crippen LogP contribution in [0.4, 0.5) is 9.59 Å². The van der Waals surface area contributed by atoms with E-state index in [-0.39, 0.29) is 0 Å². The number of rotatable bonds is 0. The van der Waals surface area contributed by atoms with Crippen LogP contribution < -0.4 is 11.1 Å². The molecule has 54 valence electrons. The molecule has 0 spiro atoms. The zero-order valence-corrected chi connectivity index (χ0v) is 4.79. The van der Waals surface area contributed by atoms with Crippen LogP contribution in [0.15, 0.2) is 0 Å². The van der Waals surface area contributed by atoms with Crippen molar-refractivity contribution in [2.24, 2.45) is 5.73 Å². The van der Waals surface area contributed by atoms with Crippen LogP contribution in [0.25, 0.3) is 0 Å². The standard InChI is InChI=1S/C2H5NO2.CH3NO2/c1-3-2(4)5;2-1(3)4/h3H,1H3,(H,4,5);2H2,(H,3,4). The molecule has 6 heteroatoms. The predicted octanol–water partition coefficient (Wildman–Crippen LogP) is -0.493. The average molecular weight is 136 g/mol. The van der Waals surface area contributed by atoms with Gasteiger partial charge in [0.05, 0.1) is 0 Å². The summed E-state index contributed by atoms with van der Waals surface area (Å²) in [5, 5.41) is 16.8. The van der Waals surface area contributed by atoms with Gasteiger partial charge in [0, 0.05) is 7.05 Å². The van der Waals surface area contributed by atoms with Gasteiger partial charge in [0.25, 0.3) is 0 Å². The number of amides is 2. The van der Waals surface area contributed by atoms with Crippen molar-refractivity contribution in [2.75, 3.05) is 7.05 Å². The third-order valence-corrected chi connectivity index (χ3v) is 0.214. The molecule has 0 aliphatic carbocycles. The molecule has 0 bridgehead atoms. The van der Waals surface area contributed by atoms with Crippen LogP contribution in [-0.4, -0.2) is 29.4 Å². The minimum atomic E-state index is -1.33. The maximum Gasteiger partial charge on any atom is 0.404 e. The number of carboxylic acid groups (broad SMARTS) is 2. The predicted molar refractivity (Wildman–Crippen MR) is 29.3 cm³/mol. The van der Waals surface area contributed by atoms with Gasteiger partial charge >= 0.3 is 12.2 Å². The van der Waals surface area contributed by atoms with Crippen molar-refractivity contribution in [3.05, 3.63) is 0 Å². The zero-order chi connectivity index (χ0) is 7.86. The van der Waals surface area contributed by atoms with E-state index >= 15 is 0 Å². The topological polar surface area (TPSA) is 113 Å². The molecular formula is C3H8N2O4. The Kier molecular flexibility index (Phi) is 7.64. The second-order valence-electron chi connectivity index (χ2n) is 0.893. The largest absolute Gasteiger partial charge is 0.465 e. The van der Waals surface area contributed by atoms with Crippen LogP contribution in [0.2, 0.25) is 0 Å². The van der Waals surface area contributed by atoms with Gasteiger partial charge in [-0.15, -0.1) is 0 Å². The Morgan fingerprint density at radius 1 is 1.44 bits per heavy atom. The average Bonchev–Trinajstić information content (AvgIpc) is 1.65. The lowest BCUT2D eigenvalue weighted by atomic mass is 11.1. The zero-order valence-electron chi connectivity index (χ0n) is 4.79. The van der Waals surface area contributed by atoms with Crippen molar-refractivity contribution in [2.45, 2.75) is 0 Å². The molecule has 0 atom stereocenters. The van der Waals surface area contributed by atoms with E-state index < -0.39 is 12.2 Å². The Labute approximate surface area is 51.3 Å². The third-order valence-electron chi connectivity index (χ3n) is 0.214. The molecule has 9 heavy (non-hydrogen) atoms. The van der Waals surface area contributed by atoms with E-state index in [1.165, 1.54) is 7.05 Å². The molecule has 0 aliphatic heterocycles. The maximum atomic E-state index is 9.26. The van der Waals surface area contributed by atoms with Crippen LogP contribution in [0, 0.1) is 0 Å². The highest BCUT2D eigenvalue weighted by atomic mass is 16.4. The molecule has 0 aromatic carbocycles. The van der Waals surface area contributed by atoms with Crippen LogP contribution in [-0.2, 0) is 0 Å². The first-order valence-corrected chi connectivity index (χ1v) is 1.89. The summed E-state index contributed by atoms with van der Waals surface area (Å²) >= 11 is 0. The van der Waals surface area contributed by atoms with Crippen molar-refractivity contribution >= 4 is 12.2 Å². The Hall–Kier alpha value is -1.46. The Balaban J connectivity index is 0. The van der Waals surface area contributed by atoms with E-state index in [2.05, 4.69) is 5.73 Å². The number of nitrogens with one attached hydrogen (secondary N) is 1. The number of primary amides is 1. The van der Waals surface area contributed by atoms with Gasteiger partial charge in [-0.2, -0.15) is 0 Å². The first-order chi connectivity index (χ1) is 4.00. The van der Waals surface area contributed by atoms with Gasteiger partial charge in [-0.05, 0) is 0 Å². The minimum absolute atomic E-state index is 0.995. The van der Waals surface area contributed by atoms with Crippen LogP contribution >= 0.6 is 0 Å². The first kappa shape index (κ1) is 10.5. The molecule has 5 N–H and O–H groups in total. The van der Waals surface area contributed by atoms with Crippen molar-refractivity contribution in [3.8, 4) is 0 Å². The quantitative estimate of drug-likeness (QED) is 0.359. The summed E-state index contributed by atoms with van der Waals surface area (Å²) in [4.78, 5) is 18.0. The van der Waals surface area contributed by atoms with Crippen LogP contribution in [0.3, 0.4) is 0 Å². The summed E-state index contributed by atoms with van der Waals surface area (Å²) in [5.41, 5.74) is 4.03. The lowest BCUT2D eigenvalue weighted by Crippen LogP contribution is -2.13. The summed E-state index contributed by atoms with van der Waals surface area (Å²) in [6.07, 6.45) is -2.33. The van der Waals surface area contributed by atoms with E-state index in [1.54, 1.807) is 0 Å². The van der Waals surface area contributed by atoms with Crippen molar-refractivity contribution < 1.29 is 19.8 Å². The number of hydrogen-bond acceptors (Lipinski definition) is 2. The fraction of sp³-hybridized carbons (Fsp3) is 0.333. The summed E-state index contributed by atoms with van der Waals surface area (Å²) < 4.78 is 0.